The van der Waals surface area contributed by atoms with Crippen molar-refractivity contribution in [2.75, 3.05) is 36.8 Å². The molecule has 31 heavy (non-hydrogen) atoms. The first-order valence-electron chi connectivity index (χ1n) is 10.2. The molecule has 1 saturated heterocycles. The SMILES string of the molecule is C=C1C(C(=O)OCc2ccccc2)=CN2c3c1ccc(N1CCC(=O)C1)c3OCN2C. The normalized spacial score (nSPS) is 17.9. The molecule has 0 amide bonds. The molecule has 2 aromatic rings. The van der Waals surface area contributed by atoms with Crippen molar-refractivity contribution >= 4 is 28.7 Å². The number of nitrogens with zero attached hydrogens (tertiary/aromatic N) is 3. The second-order valence-corrected chi connectivity index (χ2v) is 7.88. The number of ketones is 1. The fourth-order valence-electron chi connectivity index (χ4n) is 4.14. The Balaban J connectivity index is 1.47. The van der Waals surface area contributed by atoms with Crippen LogP contribution in [0.5, 0.6) is 5.75 Å². The number of rotatable bonds is 4. The molecule has 0 N–H and O–H groups in total. The molecular weight excluding hydrogens is 394 g/mol. The van der Waals surface area contributed by atoms with E-state index in [0.717, 1.165) is 22.5 Å². The second kappa shape index (κ2) is 7.59. The number of hydrazine groups is 1. The number of hydrogen-bond acceptors (Lipinski definition) is 7. The highest BCUT2D eigenvalue weighted by Gasteiger charge is 2.36. The zero-order chi connectivity index (χ0) is 21.5. The molecule has 5 rings (SSSR count). The third-order valence-electron chi connectivity index (χ3n) is 5.81. The first-order valence-corrected chi connectivity index (χ1v) is 10.2. The summed E-state index contributed by atoms with van der Waals surface area (Å²) >= 11 is 0. The van der Waals surface area contributed by atoms with Crippen LogP contribution >= 0.6 is 0 Å². The molecule has 3 heterocycles. The summed E-state index contributed by atoms with van der Waals surface area (Å²) in [6.45, 7) is 5.76. The largest absolute Gasteiger partial charge is 0.472 e. The zero-order valence-electron chi connectivity index (χ0n) is 17.3. The molecular formula is C24H23N3O4. The molecule has 2 aromatic carbocycles. The summed E-state index contributed by atoms with van der Waals surface area (Å²) in [4.78, 5) is 26.7. The molecule has 0 aromatic heterocycles. The van der Waals surface area contributed by atoms with Crippen molar-refractivity contribution in [1.29, 1.82) is 0 Å². The third-order valence-corrected chi connectivity index (χ3v) is 5.81. The predicted octanol–water partition coefficient (Wildman–Crippen LogP) is 3.12. The molecule has 0 radical (unpaired) electrons. The van der Waals surface area contributed by atoms with Gasteiger partial charge >= 0.3 is 5.97 Å². The number of anilines is 2. The quantitative estimate of drug-likeness (QED) is 0.709. The molecule has 158 valence electrons. The van der Waals surface area contributed by atoms with Crippen LogP contribution in [-0.2, 0) is 20.9 Å². The smallest absolute Gasteiger partial charge is 0.340 e. The lowest BCUT2D eigenvalue weighted by molar-refractivity contribution is -0.139. The van der Waals surface area contributed by atoms with E-state index >= 15 is 0 Å². The average molecular weight is 417 g/mol. The fraction of sp³-hybridized carbons (Fsp3) is 0.250. The van der Waals surface area contributed by atoms with Crippen LogP contribution in [0.25, 0.3) is 5.57 Å². The number of carbonyl (C=O) groups excluding carboxylic acids is 2. The van der Waals surface area contributed by atoms with Crippen LogP contribution in [-0.4, -0.2) is 43.6 Å². The summed E-state index contributed by atoms with van der Waals surface area (Å²) in [5.74, 6) is 0.511. The van der Waals surface area contributed by atoms with Crippen LogP contribution in [0.1, 0.15) is 17.5 Å². The van der Waals surface area contributed by atoms with Crippen molar-refractivity contribution in [2.45, 2.75) is 13.0 Å². The number of carbonyl (C=O) groups is 2. The van der Waals surface area contributed by atoms with Crippen molar-refractivity contribution in [2.24, 2.45) is 0 Å². The summed E-state index contributed by atoms with van der Waals surface area (Å²) in [6.07, 6.45) is 2.30. The summed E-state index contributed by atoms with van der Waals surface area (Å²) < 4.78 is 11.6. The van der Waals surface area contributed by atoms with E-state index in [4.69, 9.17) is 9.47 Å². The molecule has 0 bridgehead atoms. The molecule has 0 aliphatic carbocycles. The Morgan fingerprint density at radius 1 is 1.19 bits per heavy atom. The summed E-state index contributed by atoms with van der Waals surface area (Å²) in [5, 5.41) is 3.78. The molecule has 3 aliphatic heterocycles. The Kier molecular flexibility index (Phi) is 4.75. The van der Waals surface area contributed by atoms with Gasteiger partial charge in [-0.15, -0.1) is 0 Å². The van der Waals surface area contributed by atoms with Crippen LogP contribution in [0.3, 0.4) is 0 Å². The number of Topliss-reactive ketones (excluding diaryl/α,β-unsaturated/α-hetero) is 1. The van der Waals surface area contributed by atoms with Gasteiger partial charge in [0.25, 0.3) is 0 Å². The van der Waals surface area contributed by atoms with E-state index in [2.05, 4.69) is 6.58 Å². The van der Waals surface area contributed by atoms with Gasteiger partial charge in [-0.25, -0.2) is 4.79 Å². The lowest BCUT2D eigenvalue weighted by atomic mass is 9.93. The maximum Gasteiger partial charge on any atom is 0.340 e. The Hall–Kier alpha value is -3.58. The van der Waals surface area contributed by atoms with Gasteiger partial charge < -0.3 is 14.4 Å². The Morgan fingerprint density at radius 2 is 2.00 bits per heavy atom. The molecule has 3 aliphatic rings. The highest BCUT2D eigenvalue weighted by atomic mass is 16.5. The van der Waals surface area contributed by atoms with Gasteiger partial charge in [0, 0.05) is 31.8 Å². The van der Waals surface area contributed by atoms with Gasteiger partial charge in [-0.3, -0.25) is 9.80 Å². The lowest BCUT2D eigenvalue weighted by Gasteiger charge is -2.42. The van der Waals surface area contributed by atoms with Crippen LogP contribution in [0.2, 0.25) is 0 Å². The Morgan fingerprint density at radius 3 is 2.74 bits per heavy atom. The topological polar surface area (TPSA) is 62.3 Å². The predicted molar refractivity (Wildman–Crippen MR) is 117 cm³/mol. The van der Waals surface area contributed by atoms with E-state index in [-0.39, 0.29) is 12.4 Å². The number of ether oxygens (including phenoxy) is 2. The molecule has 0 spiro atoms. The first kappa shape index (κ1) is 19.4. The van der Waals surface area contributed by atoms with Gasteiger partial charge in [-0.1, -0.05) is 36.9 Å². The first-order chi connectivity index (χ1) is 15.0. The zero-order valence-corrected chi connectivity index (χ0v) is 17.3. The van der Waals surface area contributed by atoms with Gasteiger partial charge in [0.2, 0.25) is 0 Å². The van der Waals surface area contributed by atoms with Crippen molar-refractivity contribution in [1.82, 2.24) is 5.01 Å². The summed E-state index contributed by atoms with van der Waals surface area (Å²) in [5.41, 5.74) is 4.45. The van der Waals surface area contributed by atoms with Crippen LogP contribution < -0.4 is 14.6 Å². The van der Waals surface area contributed by atoms with E-state index in [1.54, 1.807) is 6.20 Å². The fourth-order valence-corrected chi connectivity index (χ4v) is 4.14. The van der Waals surface area contributed by atoms with Gasteiger partial charge in [-0.05, 0) is 23.3 Å². The monoisotopic (exact) mass is 417 g/mol. The Bertz CT molecular complexity index is 1110. The molecule has 7 heteroatoms. The van der Waals surface area contributed by atoms with Crippen molar-refractivity contribution in [3.8, 4) is 5.75 Å². The van der Waals surface area contributed by atoms with Crippen molar-refractivity contribution in [3.05, 3.63) is 71.9 Å². The lowest BCUT2D eigenvalue weighted by Crippen LogP contribution is -2.44. The maximum atomic E-state index is 12.9. The number of esters is 1. The highest BCUT2D eigenvalue weighted by molar-refractivity contribution is 6.10. The minimum Gasteiger partial charge on any atom is -0.472 e. The summed E-state index contributed by atoms with van der Waals surface area (Å²) in [7, 11) is 1.89. The van der Waals surface area contributed by atoms with Gasteiger partial charge in [0.05, 0.1) is 17.8 Å². The third kappa shape index (κ3) is 3.37. The molecule has 1 fully saturated rings. The van der Waals surface area contributed by atoms with Crippen molar-refractivity contribution < 1.29 is 19.1 Å². The van der Waals surface area contributed by atoms with Crippen molar-refractivity contribution in [3.63, 3.8) is 0 Å². The van der Waals surface area contributed by atoms with Crippen LogP contribution in [0, 0.1) is 0 Å². The summed E-state index contributed by atoms with van der Waals surface area (Å²) in [6, 6.07) is 13.5. The van der Waals surface area contributed by atoms with E-state index in [1.165, 1.54) is 0 Å². The molecule has 7 nitrogen and oxygen atoms in total. The molecule has 0 unspecified atom stereocenters. The Labute approximate surface area is 180 Å². The number of hydrogen-bond donors (Lipinski definition) is 0. The minimum absolute atomic E-state index is 0.198. The molecule has 0 saturated carbocycles. The van der Waals surface area contributed by atoms with Gasteiger partial charge in [0.15, 0.2) is 18.3 Å². The van der Waals surface area contributed by atoms with Gasteiger partial charge in [-0.2, -0.15) is 5.01 Å². The van der Waals surface area contributed by atoms with Crippen LogP contribution in [0.15, 0.2) is 60.8 Å². The molecule has 0 atom stereocenters. The standard InChI is InChI=1S/C24H23N3O4/c1-16-19-8-9-21(26-11-10-18(28)12-26)23-22(19)27(25(2)15-31-23)13-20(16)24(29)30-14-17-6-4-3-5-7-17/h3-9,13H,1,10-12,14-15H2,2H3. The van der Waals surface area contributed by atoms with E-state index in [0.29, 0.717) is 43.1 Å². The maximum absolute atomic E-state index is 12.9. The van der Waals surface area contributed by atoms with E-state index in [1.807, 2.05) is 64.4 Å². The second-order valence-electron chi connectivity index (χ2n) is 7.88. The highest BCUT2D eigenvalue weighted by Crippen LogP contribution is 2.49. The average Bonchev–Trinajstić information content (AvgIpc) is 3.22. The minimum atomic E-state index is -0.421. The van der Waals surface area contributed by atoms with E-state index < -0.39 is 5.97 Å². The van der Waals surface area contributed by atoms with Gasteiger partial charge in [0.1, 0.15) is 12.3 Å². The number of benzene rings is 2. The van der Waals surface area contributed by atoms with E-state index in [9.17, 15) is 9.59 Å². The van der Waals surface area contributed by atoms with Crippen LogP contribution in [0.4, 0.5) is 11.4 Å².